The molecule has 1 spiro atoms. The summed E-state index contributed by atoms with van der Waals surface area (Å²) >= 11 is 0. The smallest absolute Gasteiger partial charge is 0.252 e. The lowest BCUT2D eigenvalue weighted by Crippen LogP contribution is -2.52. The maximum absolute atomic E-state index is 12.8. The Morgan fingerprint density at radius 3 is 2.67 bits per heavy atom. The van der Waals surface area contributed by atoms with Gasteiger partial charge in [0.25, 0.3) is 5.91 Å². The molecule has 2 aliphatic rings. The van der Waals surface area contributed by atoms with E-state index in [0.29, 0.717) is 19.5 Å². The molecule has 0 unspecified atom stereocenters. The van der Waals surface area contributed by atoms with Crippen molar-refractivity contribution in [3.63, 3.8) is 0 Å². The Kier molecular flexibility index (Phi) is 4.70. The third kappa shape index (κ3) is 3.60. The van der Waals surface area contributed by atoms with Crippen molar-refractivity contribution >= 4 is 11.8 Å². The predicted molar refractivity (Wildman–Crippen MR) is 104 cm³/mol. The molecule has 2 atom stereocenters. The van der Waals surface area contributed by atoms with Crippen molar-refractivity contribution in [2.45, 2.75) is 37.3 Å². The number of nitrogens with zero attached hydrogens (tertiary/aromatic N) is 1. The first-order valence-corrected chi connectivity index (χ1v) is 9.55. The first kappa shape index (κ1) is 17.7. The third-order valence-electron chi connectivity index (χ3n) is 5.79. The molecular formula is C22H25N3O2. The molecule has 0 aliphatic carbocycles. The van der Waals surface area contributed by atoms with Crippen molar-refractivity contribution in [1.82, 2.24) is 10.2 Å². The average molecular weight is 363 g/mol. The van der Waals surface area contributed by atoms with Crippen LogP contribution in [-0.4, -0.2) is 41.4 Å². The molecule has 1 saturated heterocycles. The van der Waals surface area contributed by atoms with E-state index in [1.54, 1.807) is 0 Å². The minimum absolute atomic E-state index is 0.0354. The van der Waals surface area contributed by atoms with Crippen LogP contribution in [0.5, 0.6) is 0 Å². The van der Waals surface area contributed by atoms with Gasteiger partial charge in [0, 0.05) is 18.7 Å². The van der Waals surface area contributed by atoms with Crippen molar-refractivity contribution < 1.29 is 9.59 Å². The zero-order valence-electron chi connectivity index (χ0n) is 15.4. The van der Waals surface area contributed by atoms with Crippen LogP contribution in [0.3, 0.4) is 0 Å². The highest BCUT2D eigenvalue weighted by molar-refractivity contribution is 5.96. The first-order valence-electron chi connectivity index (χ1n) is 9.55. The molecule has 2 amide bonds. The number of likely N-dealkylation sites (tertiary alicyclic amines) is 1. The standard InChI is InChI=1S/C22H25N3O2/c23-19(14-16-6-2-1-3-7-16)21(27)25-13-12-22(15-25)11-10-17-8-4-5-9-18(17)20(26)24-22/h1-9,19H,10-15,23H2,(H,24,26)/t19-,22+/m1/s1. The van der Waals surface area contributed by atoms with E-state index in [1.807, 2.05) is 59.5 Å². The monoisotopic (exact) mass is 363 g/mol. The molecule has 0 saturated carbocycles. The molecule has 2 aromatic carbocycles. The summed E-state index contributed by atoms with van der Waals surface area (Å²) < 4.78 is 0. The number of nitrogens with one attached hydrogen (secondary N) is 1. The Morgan fingerprint density at radius 2 is 1.85 bits per heavy atom. The van der Waals surface area contributed by atoms with Gasteiger partial charge in [0.1, 0.15) is 0 Å². The van der Waals surface area contributed by atoms with Crippen LogP contribution in [0.4, 0.5) is 0 Å². The van der Waals surface area contributed by atoms with Crippen LogP contribution in [0.15, 0.2) is 54.6 Å². The third-order valence-corrected chi connectivity index (χ3v) is 5.79. The van der Waals surface area contributed by atoms with Gasteiger partial charge in [-0.05, 0) is 42.9 Å². The summed E-state index contributed by atoms with van der Waals surface area (Å²) in [6.45, 7) is 1.17. The number of nitrogens with two attached hydrogens (primary N) is 1. The van der Waals surface area contributed by atoms with Gasteiger partial charge in [-0.1, -0.05) is 48.5 Å². The number of benzene rings is 2. The molecule has 2 heterocycles. The quantitative estimate of drug-likeness (QED) is 0.875. The van der Waals surface area contributed by atoms with Gasteiger partial charge in [-0.15, -0.1) is 0 Å². The zero-order valence-corrected chi connectivity index (χ0v) is 15.4. The van der Waals surface area contributed by atoms with Crippen LogP contribution in [0.25, 0.3) is 0 Å². The van der Waals surface area contributed by atoms with Gasteiger partial charge in [0.15, 0.2) is 0 Å². The second kappa shape index (κ2) is 7.16. The number of fused-ring (bicyclic) bond motifs is 1. The SMILES string of the molecule is N[C@H](Cc1ccccc1)C(=O)N1CC[C@@]2(CCc3ccccc3C(=O)N2)C1. The summed E-state index contributed by atoms with van der Waals surface area (Å²) in [7, 11) is 0. The molecule has 140 valence electrons. The number of hydrogen-bond donors (Lipinski definition) is 2. The average Bonchev–Trinajstić information content (AvgIpc) is 3.04. The van der Waals surface area contributed by atoms with Gasteiger partial charge in [-0.3, -0.25) is 9.59 Å². The van der Waals surface area contributed by atoms with E-state index >= 15 is 0 Å². The summed E-state index contributed by atoms with van der Waals surface area (Å²) in [5.41, 5.74) is 8.74. The molecule has 1 fully saturated rings. The molecular weight excluding hydrogens is 338 g/mol. The van der Waals surface area contributed by atoms with Crippen LogP contribution in [0.2, 0.25) is 0 Å². The molecule has 0 radical (unpaired) electrons. The van der Waals surface area contributed by atoms with Crippen molar-refractivity contribution in [3.05, 3.63) is 71.3 Å². The lowest BCUT2D eigenvalue weighted by Gasteiger charge is -2.29. The van der Waals surface area contributed by atoms with Crippen molar-refractivity contribution in [2.75, 3.05) is 13.1 Å². The number of hydrogen-bond acceptors (Lipinski definition) is 3. The van der Waals surface area contributed by atoms with Gasteiger partial charge in [-0.25, -0.2) is 0 Å². The number of rotatable bonds is 3. The predicted octanol–water partition coefficient (Wildman–Crippen LogP) is 1.90. The summed E-state index contributed by atoms with van der Waals surface area (Å²) in [4.78, 5) is 27.4. The number of carbonyl (C=O) groups excluding carboxylic acids is 2. The van der Waals surface area contributed by atoms with Crippen LogP contribution < -0.4 is 11.1 Å². The molecule has 2 aliphatic heterocycles. The van der Waals surface area contributed by atoms with Gasteiger partial charge in [0.05, 0.1) is 11.6 Å². The fraction of sp³-hybridized carbons (Fsp3) is 0.364. The van der Waals surface area contributed by atoms with Crippen molar-refractivity contribution in [1.29, 1.82) is 0 Å². The van der Waals surface area contributed by atoms with Gasteiger partial charge in [-0.2, -0.15) is 0 Å². The van der Waals surface area contributed by atoms with E-state index in [9.17, 15) is 9.59 Å². The second-order valence-corrected chi connectivity index (χ2v) is 7.70. The first-order chi connectivity index (χ1) is 13.1. The van der Waals surface area contributed by atoms with E-state index in [0.717, 1.165) is 36.0 Å². The highest BCUT2D eigenvalue weighted by Crippen LogP contribution is 2.31. The molecule has 27 heavy (non-hydrogen) atoms. The Bertz CT molecular complexity index is 852. The lowest BCUT2D eigenvalue weighted by molar-refractivity contribution is -0.131. The summed E-state index contributed by atoms with van der Waals surface area (Å²) in [6.07, 6.45) is 2.98. The summed E-state index contributed by atoms with van der Waals surface area (Å²) in [5, 5.41) is 3.21. The molecule has 3 N–H and O–H groups in total. The maximum Gasteiger partial charge on any atom is 0.252 e. The molecule has 4 rings (SSSR count). The van der Waals surface area contributed by atoms with Crippen molar-refractivity contribution in [3.8, 4) is 0 Å². The van der Waals surface area contributed by atoms with Gasteiger partial charge in [0.2, 0.25) is 5.91 Å². The fourth-order valence-electron chi connectivity index (χ4n) is 4.26. The van der Waals surface area contributed by atoms with E-state index in [-0.39, 0.29) is 17.4 Å². The number of amides is 2. The van der Waals surface area contributed by atoms with E-state index in [4.69, 9.17) is 5.73 Å². The molecule has 5 heteroatoms. The fourth-order valence-corrected chi connectivity index (χ4v) is 4.26. The van der Waals surface area contributed by atoms with Crippen LogP contribution >= 0.6 is 0 Å². The van der Waals surface area contributed by atoms with Crippen molar-refractivity contribution in [2.24, 2.45) is 5.73 Å². The van der Waals surface area contributed by atoms with E-state index < -0.39 is 6.04 Å². The largest absolute Gasteiger partial charge is 0.345 e. The highest BCUT2D eigenvalue weighted by Gasteiger charge is 2.43. The summed E-state index contributed by atoms with van der Waals surface area (Å²) in [6, 6.07) is 17.0. The Hall–Kier alpha value is -2.66. The lowest BCUT2D eigenvalue weighted by atomic mass is 9.91. The highest BCUT2D eigenvalue weighted by atomic mass is 16.2. The molecule has 5 nitrogen and oxygen atoms in total. The Balaban J connectivity index is 1.44. The maximum atomic E-state index is 12.8. The molecule has 2 aromatic rings. The van der Waals surface area contributed by atoms with Gasteiger partial charge < -0.3 is 16.0 Å². The van der Waals surface area contributed by atoms with Crippen LogP contribution in [0.1, 0.15) is 34.3 Å². The Morgan fingerprint density at radius 1 is 1.11 bits per heavy atom. The second-order valence-electron chi connectivity index (χ2n) is 7.70. The van der Waals surface area contributed by atoms with E-state index in [1.165, 1.54) is 0 Å². The minimum Gasteiger partial charge on any atom is -0.345 e. The topological polar surface area (TPSA) is 75.4 Å². The van der Waals surface area contributed by atoms with E-state index in [2.05, 4.69) is 5.32 Å². The van der Waals surface area contributed by atoms with Gasteiger partial charge >= 0.3 is 0 Å². The van der Waals surface area contributed by atoms with Crippen LogP contribution in [0, 0.1) is 0 Å². The molecule has 0 aromatic heterocycles. The number of aryl methyl sites for hydroxylation is 1. The Labute approximate surface area is 159 Å². The summed E-state index contributed by atoms with van der Waals surface area (Å²) in [5.74, 6) is -0.0716. The van der Waals surface area contributed by atoms with Crippen LogP contribution in [-0.2, 0) is 17.6 Å². The minimum atomic E-state index is -0.554. The molecule has 0 bridgehead atoms. The number of carbonyl (C=O) groups is 2. The zero-order chi connectivity index (χ0) is 18.9. The normalized spacial score (nSPS) is 22.9.